The summed E-state index contributed by atoms with van der Waals surface area (Å²) in [6.07, 6.45) is 2.65. The van der Waals surface area contributed by atoms with Crippen molar-refractivity contribution in [3.05, 3.63) is 53.3 Å². The van der Waals surface area contributed by atoms with Crippen molar-refractivity contribution in [3.63, 3.8) is 0 Å². The topological polar surface area (TPSA) is 77.0 Å². The number of para-hydroxylation sites is 1. The van der Waals surface area contributed by atoms with Gasteiger partial charge in [0.25, 0.3) is 0 Å². The van der Waals surface area contributed by atoms with E-state index in [0.717, 1.165) is 46.5 Å². The van der Waals surface area contributed by atoms with Crippen molar-refractivity contribution in [3.8, 4) is 0 Å². The molecular formula is C20H23N5O. The van der Waals surface area contributed by atoms with Gasteiger partial charge in [0.05, 0.1) is 11.6 Å². The summed E-state index contributed by atoms with van der Waals surface area (Å²) in [5, 5.41) is 5.53. The lowest BCUT2D eigenvalue weighted by molar-refractivity contribution is -0.119. The SMILES string of the molecule is Cc1nn(C)c2ncc(CN3c4ccccc4[C@@H](C(N)=O)C[C@H]3C)cc12. The van der Waals surface area contributed by atoms with Crippen molar-refractivity contribution >= 4 is 22.6 Å². The maximum atomic E-state index is 11.9. The molecule has 2 atom stereocenters. The third-order valence-corrected chi connectivity index (χ3v) is 5.35. The Morgan fingerprint density at radius 1 is 1.35 bits per heavy atom. The number of anilines is 1. The average Bonchev–Trinajstić information content (AvgIpc) is 2.90. The van der Waals surface area contributed by atoms with Gasteiger partial charge in [-0.3, -0.25) is 9.48 Å². The Kier molecular flexibility index (Phi) is 3.90. The van der Waals surface area contributed by atoms with E-state index in [1.807, 2.05) is 43.0 Å². The molecule has 1 amide bonds. The summed E-state index contributed by atoms with van der Waals surface area (Å²) in [6, 6.07) is 10.4. The Hall–Kier alpha value is -2.89. The maximum Gasteiger partial charge on any atom is 0.225 e. The molecule has 134 valence electrons. The van der Waals surface area contributed by atoms with Crippen LogP contribution in [0.3, 0.4) is 0 Å². The van der Waals surface area contributed by atoms with Gasteiger partial charge in [0, 0.05) is 36.9 Å². The first kappa shape index (κ1) is 16.6. The van der Waals surface area contributed by atoms with Crippen molar-refractivity contribution in [2.75, 3.05) is 4.90 Å². The van der Waals surface area contributed by atoms with Gasteiger partial charge in [-0.05, 0) is 43.5 Å². The second kappa shape index (κ2) is 6.12. The molecule has 1 aliphatic heterocycles. The zero-order chi connectivity index (χ0) is 18.4. The van der Waals surface area contributed by atoms with E-state index in [1.165, 1.54) is 0 Å². The molecule has 3 heterocycles. The summed E-state index contributed by atoms with van der Waals surface area (Å²) in [4.78, 5) is 18.8. The minimum Gasteiger partial charge on any atom is -0.369 e. The fourth-order valence-corrected chi connectivity index (χ4v) is 4.02. The number of rotatable bonds is 3. The van der Waals surface area contributed by atoms with Gasteiger partial charge in [0.1, 0.15) is 0 Å². The Labute approximate surface area is 152 Å². The lowest BCUT2D eigenvalue weighted by Gasteiger charge is -2.40. The second-order valence-corrected chi connectivity index (χ2v) is 7.15. The van der Waals surface area contributed by atoms with Crippen LogP contribution in [-0.4, -0.2) is 26.7 Å². The molecule has 0 saturated heterocycles. The van der Waals surface area contributed by atoms with Gasteiger partial charge < -0.3 is 10.6 Å². The molecule has 2 N–H and O–H groups in total. The lowest BCUT2D eigenvalue weighted by atomic mass is 9.85. The highest BCUT2D eigenvalue weighted by atomic mass is 16.1. The fraction of sp³-hybridized carbons (Fsp3) is 0.350. The standard InChI is InChI=1S/C20H23N5O/c1-12-8-17(19(21)26)15-6-4-5-7-18(15)25(12)11-14-9-16-13(2)23-24(3)20(16)22-10-14/h4-7,9-10,12,17H,8,11H2,1-3H3,(H2,21,26)/t12-,17+/m1/s1. The normalized spacial score (nSPS) is 19.6. The number of primary amides is 1. The number of benzene rings is 1. The number of amides is 1. The highest BCUT2D eigenvalue weighted by Crippen LogP contribution is 2.39. The van der Waals surface area contributed by atoms with E-state index in [2.05, 4.69) is 34.0 Å². The second-order valence-electron chi connectivity index (χ2n) is 7.15. The maximum absolute atomic E-state index is 11.9. The molecule has 0 spiro atoms. The Morgan fingerprint density at radius 2 is 2.12 bits per heavy atom. The molecule has 4 rings (SSSR count). The molecule has 0 bridgehead atoms. The number of nitrogens with zero attached hydrogens (tertiary/aromatic N) is 4. The van der Waals surface area contributed by atoms with E-state index in [4.69, 9.17) is 5.73 Å². The van der Waals surface area contributed by atoms with Crippen molar-refractivity contribution < 1.29 is 4.79 Å². The molecule has 1 aliphatic rings. The number of fused-ring (bicyclic) bond motifs is 2. The zero-order valence-corrected chi connectivity index (χ0v) is 15.3. The number of pyridine rings is 1. The highest BCUT2D eigenvalue weighted by molar-refractivity contribution is 5.85. The molecule has 0 radical (unpaired) electrons. The molecule has 0 aliphatic carbocycles. The zero-order valence-electron chi connectivity index (χ0n) is 15.3. The van der Waals surface area contributed by atoms with E-state index in [-0.39, 0.29) is 17.9 Å². The number of aromatic nitrogens is 3. The molecule has 26 heavy (non-hydrogen) atoms. The van der Waals surface area contributed by atoms with Crippen LogP contribution in [0.2, 0.25) is 0 Å². The van der Waals surface area contributed by atoms with Gasteiger partial charge in [-0.15, -0.1) is 0 Å². The van der Waals surface area contributed by atoms with Crippen molar-refractivity contribution in [1.82, 2.24) is 14.8 Å². The number of hydrogen-bond acceptors (Lipinski definition) is 4. The average molecular weight is 349 g/mol. The summed E-state index contributed by atoms with van der Waals surface area (Å²) in [7, 11) is 1.91. The number of carbonyl (C=O) groups excluding carboxylic acids is 1. The molecular weight excluding hydrogens is 326 g/mol. The quantitative estimate of drug-likeness (QED) is 0.788. The molecule has 2 aromatic heterocycles. The van der Waals surface area contributed by atoms with Gasteiger partial charge in [0.15, 0.2) is 5.65 Å². The largest absolute Gasteiger partial charge is 0.369 e. The number of aryl methyl sites for hydroxylation is 2. The predicted octanol–water partition coefficient (Wildman–Crippen LogP) is 2.64. The van der Waals surface area contributed by atoms with Crippen molar-refractivity contribution in [1.29, 1.82) is 0 Å². The van der Waals surface area contributed by atoms with Crippen LogP contribution in [0.5, 0.6) is 0 Å². The third-order valence-electron chi connectivity index (χ3n) is 5.35. The van der Waals surface area contributed by atoms with Gasteiger partial charge in [-0.2, -0.15) is 5.10 Å². The third kappa shape index (κ3) is 2.62. The van der Waals surface area contributed by atoms with Gasteiger partial charge in [-0.1, -0.05) is 18.2 Å². The van der Waals surface area contributed by atoms with Crippen LogP contribution in [0.15, 0.2) is 36.5 Å². The van der Waals surface area contributed by atoms with Gasteiger partial charge in [-0.25, -0.2) is 4.98 Å². The van der Waals surface area contributed by atoms with Crippen LogP contribution < -0.4 is 10.6 Å². The van der Waals surface area contributed by atoms with Crippen molar-refractivity contribution in [2.24, 2.45) is 12.8 Å². The van der Waals surface area contributed by atoms with E-state index in [9.17, 15) is 4.79 Å². The monoisotopic (exact) mass is 349 g/mol. The van der Waals surface area contributed by atoms with E-state index >= 15 is 0 Å². The van der Waals surface area contributed by atoms with Crippen LogP contribution >= 0.6 is 0 Å². The Morgan fingerprint density at radius 3 is 2.88 bits per heavy atom. The van der Waals surface area contributed by atoms with Crippen LogP contribution in [-0.2, 0) is 18.4 Å². The summed E-state index contributed by atoms with van der Waals surface area (Å²) in [6.45, 7) is 4.89. The minimum atomic E-state index is -0.252. The van der Waals surface area contributed by atoms with E-state index in [0.29, 0.717) is 0 Å². The number of hydrogen-bond donors (Lipinski definition) is 1. The van der Waals surface area contributed by atoms with E-state index < -0.39 is 0 Å². The molecule has 0 unspecified atom stereocenters. The first-order valence-corrected chi connectivity index (χ1v) is 8.89. The molecule has 6 nitrogen and oxygen atoms in total. The molecule has 0 fully saturated rings. The first-order chi connectivity index (χ1) is 12.5. The minimum absolute atomic E-state index is 0.216. The summed E-state index contributed by atoms with van der Waals surface area (Å²) in [5.41, 5.74) is 10.8. The summed E-state index contributed by atoms with van der Waals surface area (Å²) < 4.78 is 1.81. The van der Waals surface area contributed by atoms with Crippen LogP contribution in [0.1, 0.15) is 36.1 Å². The fourth-order valence-electron chi connectivity index (χ4n) is 4.02. The van der Waals surface area contributed by atoms with Crippen LogP contribution in [0.25, 0.3) is 11.0 Å². The van der Waals surface area contributed by atoms with Crippen molar-refractivity contribution in [2.45, 2.75) is 38.8 Å². The highest BCUT2D eigenvalue weighted by Gasteiger charge is 2.32. The molecule has 1 aromatic carbocycles. The predicted molar refractivity (Wildman–Crippen MR) is 102 cm³/mol. The summed E-state index contributed by atoms with van der Waals surface area (Å²) >= 11 is 0. The number of nitrogens with two attached hydrogens (primary N) is 1. The van der Waals surface area contributed by atoms with Crippen LogP contribution in [0, 0.1) is 6.92 Å². The molecule has 0 saturated carbocycles. The van der Waals surface area contributed by atoms with E-state index in [1.54, 1.807) is 0 Å². The molecule has 6 heteroatoms. The molecule has 3 aromatic rings. The smallest absolute Gasteiger partial charge is 0.225 e. The van der Waals surface area contributed by atoms with Gasteiger partial charge in [0.2, 0.25) is 5.91 Å². The summed E-state index contributed by atoms with van der Waals surface area (Å²) in [5.74, 6) is -0.475. The number of carbonyl (C=O) groups is 1. The Bertz CT molecular complexity index is 993. The lowest BCUT2D eigenvalue weighted by Crippen LogP contribution is -2.41. The Balaban J connectivity index is 1.72. The van der Waals surface area contributed by atoms with Gasteiger partial charge >= 0.3 is 0 Å². The first-order valence-electron chi connectivity index (χ1n) is 8.89. The van der Waals surface area contributed by atoms with Crippen LogP contribution in [0.4, 0.5) is 5.69 Å².